The van der Waals surface area contributed by atoms with Gasteiger partial charge in [0.1, 0.15) is 18.1 Å². The van der Waals surface area contributed by atoms with Gasteiger partial charge in [-0.1, -0.05) is 32.9 Å². The van der Waals surface area contributed by atoms with Gasteiger partial charge in [0, 0.05) is 12.7 Å². The fraction of sp³-hybridized carbons (Fsp3) is 0.545. The van der Waals surface area contributed by atoms with E-state index >= 15 is 0 Å². The van der Waals surface area contributed by atoms with Crippen molar-refractivity contribution >= 4 is 18.3 Å². The van der Waals surface area contributed by atoms with Crippen LogP contribution in [0.2, 0.25) is 0 Å². The number of piperidine rings is 1. The number of amides is 1. The molecule has 0 saturated carbocycles. The number of nitrogens with one attached hydrogen (secondary N) is 2. The standard InChI is InChI=1S/C22H32N4O2.ClH/c1-16(15-28-19-9-7-17(8-10-19)22(2,3)4)24-21(27)20-11-13-26(25-20)18-6-5-12-23-14-18;/h7-11,13,16,18,23H,5-6,12,14-15H2,1-4H3,(H,24,27);1H. The molecular formula is C22H33ClN4O2. The van der Waals surface area contributed by atoms with Crippen LogP contribution in [-0.2, 0) is 5.41 Å². The first-order valence-corrected chi connectivity index (χ1v) is 10.1. The number of aromatic nitrogens is 2. The van der Waals surface area contributed by atoms with Gasteiger partial charge < -0.3 is 15.4 Å². The smallest absolute Gasteiger partial charge is 0.272 e. The molecule has 2 N–H and O–H groups in total. The Bertz CT molecular complexity index is 777. The van der Waals surface area contributed by atoms with Crippen LogP contribution in [0.3, 0.4) is 0 Å². The zero-order chi connectivity index (χ0) is 20.1. The molecule has 2 aromatic rings. The van der Waals surface area contributed by atoms with Gasteiger partial charge in [0.15, 0.2) is 0 Å². The maximum absolute atomic E-state index is 12.5. The highest BCUT2D eigenvalue weighted by molar-refractivity contribution is 5.92. The number of carbonyl (C=O) groups is 1. The lowest BCUT2D eigenvalue weighted by molar-refractivity contribution is 0.0920. The summed E-state index contributed by atoms with van der Waals surface area (Å²) in [6, 6.07) is 10.1. The van der Waals surface area contributed by atoms with E-state index < -0.39 is 0 Å². The van der Waals surface area contributed by atoms with Crippen molar-refractivity contribution in [2.24, 2.45) is 0 Å². The van der Waals surface area contributed by atoms with E-state index in [-0.39, 0.29) is 29.8 Å². The summed E-state index contributed by atoms with van der Waals surface area (Å²) in [6.07, 6.45) is 4.12. The van der Waals surface area contributed by atoms with Crippen LogP contribution in [0.25, 0.3) is 0 Å². The van der Waals surface area contributed by atoms with Crippen LogP contribution in [0, 0.1) is 0 Å². The molecule has 1 fully saturated rings. The molecule has 160 valence electrons. The average Bonchev–Trinajstić information content (AvgIpc) is 3.17. The largest absolute Gasteiger partial charge is 0.491 e. The van der Waals surface area contributed by atoms with Crippen molar-refractivity contribution in [1.82, 2.24) is 20.4 Å². The van der Waals surface area contributed by atoms with Crippen molar-refractivity contribution in [1.29, 1.82) is 0 Å². The maximum Gasteiger partial charge on any atom is 0.272 e. The van der Waals surface area contributed by atoms with Gasteiger partial charge in [0.2, 0.25) is 0 Å². The molecule has 0 bridgehead atoms. The summed E-state index contributed by atoms with van der Waals surface area (Å²) in [7, 11) is 0. The second-order valence-electron chi connectivity index (χ2n) is 8.64. The average molecular weight is 421 g/mol. The van der Waals surface area contributed by atoms with Crippen LogP contribution in [0.1, 0.15) is 62.6 Å². The number of carbonyl (C=O) groups excluding carboxylic acids is 1. The molecule has 7 heteroatoms. The summed E-state index contributed by atoms with van der Waals surface area (Å²) in [5.74, 6) is 0.643. The normalized spacial score (nSPS) is 17.9. The Balaban J connectivity index is 0.00000300. The fourth-order valence-corrected chi connectivity index (χ4v) is 3.33. The lowest BCUT2D eigenvalue weighted by atomic mass is 9.87. The highest BCUT2D eigenvalue weighted by Crippen LogP contribution is 2.24. The quantitative estimate of drug-likeness (QED) is 0.747. The molecular weight excluding hydrogens is 388 g/mol. The van der Waals surface area contributed by atoms with Gasteiger partial charge in [-0.25, -0.2) is 0 Å². The molecule has 1 aromatic heterocycles. The Morgan fingerprint density at radius 2 is 2.03 bits per heavy atom. The minimum atomic E-state index is -0.165. The van der Waals surface area contributed by atoms with E-state index in [0.717, 1.165) is 31.7 Å². The molecule has 1 amide bonds. The molecule has 1 aromatic carbocycles. The van der Waals surface area contributed by atoms with Gasteiger partial charge >= 0.3 is 0 Å². The molecule has 1 aliphatic rings. The second-order valence-corrected chi connectivity index (χ2v) is 8.64. The second kappa shape index (κ2) is 10.1. The van der Waals surface area contributed by atoms with Crippen molar-refractivity contribution in [2.75, 3.05) is 19.7 Å². The number of nitrogens with zero attached hydrogens (tertiary/aromatic N) is 2. The van der Waals surface area contributed by atoms with Gasteiger partial charge in [0.25, 0.3) is 5.91 Å². The van der Waals surface area contributed by atoms with Crippen molar-refractivity contribution < 1.29 is 9.53 Å². The van der Waals surface area contributed by atoms with E-state index in [0.29, 0.717) is 18.3 Å². The summed E-state index contributed by atoms with van der Waals surface area (Å²) in [6.45, 7) is 10.9. The van der Waals surface area contributed by atoms with Crippen LogP contribution >= 0.6 is 12.4 Å². The Morgan fingerprint density at radius 3 is 2.66 bits per heavy atom. The fourth-order valence-electron chi connectivity index (χ4n) is 3.33. The van der Waals surface area contributed by atoms with E-state index in [1.54, 1.807) is 6.07 Å². The van der Waals surface area contributed by atoms with Gasteiger partial charge in [-0.05, 0) is 55.5 Å². The monoisotopic (exact) mass is 420 g/mol. The first kappa shape index (κ1) is 23.2. The highest BCUT2D eigenvalue weighted by Gasteiger charge is 2.19. The predicted octanol–water partition coefficient (Wildman–Crippen LogP) is 3.72. The molecule has 1 saturated heterocycles. The molecule has 29 heavy (non-hydrogen) atoms. The number of ether oxygens (including phenoxy) is 1. The van der Waals surface area contributed by atoms with E-state index in [9.17, 15) is 4.79 Å². The first-order chi connectivity index (χ1) is 13.3. The lowest BCUT2D eigenvalue weighted by Gasteiger charge is -2.22. The highest BCUT2D eigenvalue weighted by atomic mass is 35.5. The van der Waals surface area contributed by atoms with Crippen molar-refractivity contribution in [2.45, 2.75) is 58.0 Å². The molecule has 2 atom stereocenters. The molecule has 6 nitrogen and oxygen atoms in total. The van der Waals surface area contributed by atoms with E-state index in [1.807, 2.05) is 29.9 Å². The van der Waals surface area contributed by atoms with E-state index in [2.05, 4.69) is 48.6 Å². The number of hydrogen-bond donors (Lipinski definition) is 2. The van der Waals surface area contributed by atoms with Gasteiger partial charge in [0.05, 0.1) is 12.1 Å². The predicted molar refractivity (Wildman–Crippen MR) is 118 cm³/mol. The summed E-state index contributed by atoms with van der Waals surface area (Å²) in [4.78, 5) is 12.5. The third-order valence-electron chi connectivity index (χ3n) is 5.08. The van der Waals surface area contributed by atoms with Crippen LogP contribution in [0.4, 0.5) is 0 Å². The molecule has 0 aliphatic carbocycles. The summed E-state index contributed by atoms with van der Waals surface area (Å²) < 4.78 is 7.73. The van der Waals surface area contributed by atoms with Crippen LogP contribution in [0.5, 0.6) is 5.75 Å². The third kappa shape index (κ3) is 6.47. The zero-order valence-corrected chi connectivity index (χ0v) is 18.6. The topological polar surface area (TPSA) is 68.2 Å². The molecule has 1 aliphatic heterocycles. The number of halogens is 1. The van der Waals surface area contributed by atoms with E-state index in [4.69, 9.17) is 4.74 Å². The molecule has 0 spiro atoms. The van der Waals surface area contributed by atoms with Gasteiger partial charge in [-0.3, -0.25) is 9.48 Å². The Morgan fingerprint density at radius 1 is 1.31 bits per heavy atom. The minimum absolute atomic E-state index is 0. The van der Waals surface area contributed by atoms with Crippen LogP contribution in [-0.4, -0.2) is 41.4 Å². The number of hydrogen-bond acceptors (Lipinski definition) is 4. The first-order valence-electron chi connectivity index (χ1n) is 10.1. The molecule has 2 heterocycles. The number of benzene rings is 1. The van der Waals surface area contributed by atoms with Crippen molar-refractivity contribution in [3.63, 3.8) is 0 Å². The lowest BCUT2D eigenvalue weighted by Crippen LogP contribution is -2.37. The molecule has 3 rings (SSSR count). The Hall–Kier alpha value is -2.05. The minimum Gasteiger partial charge on any atom is -0.491 e. The van der Waals surface area contributed by atoms with Gasteiger partial charge in [-0.2, -0.15) is 5.10 Å². The third-order valence-corrected chi connectivity index (χ3v) is 5.08. The Kier molecular flexibility index (Phi) is 8.11. The SMILES string of the molecule is CC(COc1ccc(C(C)(C)C)cc1)NC(=O)c1ccn(C2CCCNC2)n1.Cl. The summed E-state index contributed by atoms with van der Waals surface area (Å²) in [5.41, 5.74) is 1.84. The van der Waals surface area contributed by atoms with Crippen molar-refractivity contribution in [3.05, 3.63) is 47.8 Å². The van der Waals surface area contributed by atoms with Crippen LogP contribution in [0.15, 0.2) is 36.5 Å². The Labute approximate surface area is 179 Å². The van der Waals surface area contributed by atoms with Gasteiger partial charge in [-0.15, -0.1) is 12.4 Å². The molecule has 2 unspecified atom stereocenters. The number of rotatable bonds is 6. The zero-order valence-electron chi connectivity index (χ0n) is 17.8. The van der Waals surface area contributed by atoms with Crippen molar-refractivity contribution in [3.8, 4) is 5.75 Å². The molecule has 0 radical (unpaired) electrons. The summed E-state index contributed by atoms with van der Waals surface area (Å²) in [5, 5.41) is 10.8. The summed E-state index contributed by atoms with van der Waals surface area (Å²) >= 11 is 0. The van der Waals surface area contributed by atoms with Crippen LogP contribution < -0.4 is 15.4 Å². The maximum atomic E-state index is 12.5. The van der Waals surface area contributed by atoms with E-state index in [1.165, 1.54) is 5.56 Å².